The van der Waals surface area contributed by atoms with Crippen molar-refractivity contribution in [2.24, 2.45) is 5.92 Å². The fourth-order valence-corrected chi connectivity index (χ4v) is 2.82. The van der Waals surface area contributed by atoms with Crippen LogP contribution in [0.25, 0.3) is 5.65 Å². The van der Waals surface area contributed by atoms with Crippen LogP contribution < -0.4 is 0 Å². The zero-order valence-corrected chi connectivity index (χ0v) is 12.4. The van der Waals surface area contributed by atoms with Crippen molar-refractivity contribution in [3.8, 4) is 0 Å². The smallest absolute Gasteiger partial charge is 0.309 e. The van der Waals surface area contributed by atoms with Crippen LogP contribution >= 0.6 is 23.4 Å². The topological polar surface area (TPSA) is 43.6 Å². The molecule has 2 aromatic heterocycles. The van der Waals surface area contributed by atoms with Crippen LogP contribution in [0.3, 0.4) is 0 Å². The van der Waals surface area contributed by atoms with Gasteiger partial charge >= 0.3 is 5.97 Å². The van der Waals surface area contributed by atoms with Crippen molar-refractivity contribution in [2.45, 2.75) is 12.7 Å². The van der Waals surface area contributed by atoms with E-state index in [-0.39, 0.29) is 11.9 Å². The Morgan fingerprint density at radius 1 is 1.53 bits per heavy atom. The minimum absolute atomic E-state index is 0.0959. The van der Waals surface area contributed by atoms with Gasteiger partial charge in [0.05, 0.1) is 23.7 Å². The molecule has 102 valence electrons. The lowest BCUT2D eigenvalue weighted by Crippen LogP contribution is -2.14. The Bertz CT molecular complexity index is 585. The van der Waals surface area contributed by atoms with Crippen molar-refractivity contribution >= 4 is 35.0 Å². The lowest BCUT2D eigenvalue weighted by molar-refractivity contribution is -0.143. The van der Waals surface area contributed by atoms with E-state index in [0.717, 1.165) is 22.8 Å². The monoisotopic (exact) mass is 298 g/mol. The number of esters is 1. The molecule has 0 aliphatic carbocycles. The minimum Gasteiger partial charge on any atom is -0.469 e. The van der Waals surface area contributed by atoms with Crippen molar-refractivity contribution in [1.82, 2.24) is 9.38 Å². The van der Waals surface area contributed by atoms with Gasteiger partial charge in [-0.05, 0) is 12.1 Å². The largest absolute Gasteiger partial charge is 0.469 e. The van der Waals surface area contributed by atoms with Gasteiger partial charge in [0.2, 0.25) is 0 Å². The quantitative estimate of drug-likeness (QED) is 0.796. The highest BCUT2D eigenvalue weighted by molar-refractivity contribution is 7.98. The molecule has 1 unspecified atom stereocenters. The molecule has 0 aromatic carbocycles. The first-order valence-electron chi connectivity index (χ1n) is 5.89. The summed E-state index contributed by atoms with van der Waals surface area (Å²) in [6.07, 6.45) is 3.78. The molecule has 0 saturated carbocycles. The van der Waals surface area contributed by atoms with E-state index in [1.54, 1.807) is 11.8 Å². The summed E-state index contributed by atoms with van der Waals surface area (Å²) < 4.78 is 6.59. The number of hydrogen-bond acceptors (Lipinski definition) is 4. The number of carbonyl (C=O) groups excluding carboxylic acids is 1. The van der Waals surface area contributed by atoms with Crippen LogP contribution in [0.5, 0.6) is 0 Å². The molecule has 6 heteroatoms. The summed E-state index contributed by atoms with van der Waals surface area (Å²) in [6.45, 7) is 1.86. The molecule has 0 radical (unpaired) electrons. The number of imidazole rings is 1. The van der Waals surface area contributed by atoms with Gasteiger partial charge in [-0.15, -0.1) is 0 Å². The highest BCUT2D eigenvalue weighted by Crippen LogP contribution is 2.17. The molecule has 19 heavy (non-hydrogen) atoms. The summed E-state index contributed by atoms with van der Waals surface area (Å²) in [4.78, 5) is 15.7. The van der Waals surface area contributed by atoms with E-state index >= 15 is 0 Å². The molecule has 1 atom stereocenters. The molecule has 0 N–H and O–H groups in total. The van der Waals surface area contributed by atoms with Crippen LogP contribution in [0, 0.1) is 5.92 Å². The minimum atomic E-state index is -0.172. The van der Waals surface area contributed by atoms with Crippen molar-refractivity contribution in [2.75, 3.05) is 12.9 Å². The van der Waals surface area contributed by atoms with E-state index in [2.05, 4.69) is 9.72 Å². The first kappa shape index (κ1) is 14.2. The number of methoxy groups -OCH3 is 1. The second-order valence-electron chi connectivity index (χ2n) is 4.28. The number of nitrogens with zero attached hydrogens (tertiary/aromatic N) is 2. The number of rotatable bonds is 5. The molecule has 0 aliphatic rings. The van der Waals surface area contributed by atoms with Crippen LogP contribution in [-0.4, -0.2) is 28.2 Å². The van der Waals surface area contributed by atoms with E-state index in [1.165, 1.54) is 7.11 Å². The van der Waals surface area contributed by atoms with Crippen molar-refractivity contribution in [3.05, 3.63) is 35.2 Å². The van der Waals surface area contributed by atoms with Crippen LogP contribution in [0.2, 0.25) is 5.02 Å². The number of pyridine rings is 1. The summed E-state index contributed by atoms with van der Waals surface area (Å²) in [5.74, 6) is 1.22. The molecule has 2 rings (SSSR count). The van der Waals surface area contributed by atoms with E-state index in [0.29, 0.717) is 5.02 Å². The molecule has 2 aromatic rings. The Balaban J connectivity index is 1.93. The Morgan fingerprint density at radius 3 is 3.05 bits per heavy atom. The number of halogens is 1. The number of hydrogen-bond donors (Lipinski definition) is 0. The normalized spacial score (nSPS) is 12.6. The van der Waals surface area contributed by atoms with Crippen LogP contribution in [0.15, 0.2) is 24.5 Å². The zero-order chi connectivity index (χ0) is 13.8. The summed E-state index contributed by atoms with van der Waals surface area (Å²) in [5.41, 5.74) is 1.85. The number of aromatic nitrogens is 2. The van der Waals surface area contributed by atoms with Crippen LogP contribution in [0.1, 0.15) is 12.6 Å². The lowest BCUT2D eigenvalue weighted by Gasteiger charge is -2.07. The molecular formula is C13H15ClN2O2S. The molecule has 4 nitrogen and oxygen atoms in total. The predicted octanol–water partition coefficient (Wildman–Crippen LogP) is 3.03. The third kappa shape index (κ3) is 3.64. The SMILES string of the molecule is COC(=O)C(C)CSCc1cn2cc(Cl)ccc2n1. The van der Waals surface area contributed by atoms with E-state index in [1.807, 2.05) is 35.9 Å². The van der Waals surface area contributed by atoms with Gasteiger partial charge in [-0.3, -0.25) is 4.79 Å². The van der Waals surface area contributed by atoms with Gasteiger partial charge in [-0.2, -0.15) is 11.8 Å². The third-order valence-electron chi connectivity index (χ3n) is 2.69. The number of ether oxygens (including phenoxy) is 1. The maximum atomic E-state index is 11.3. The maximum absolute atomic E-state index is 11.3. The highest BCUT2D eigenvalue weighted by atomic mass is 35.5. The average Bonchev–Trinajstić information content (AvgIpc) is 2.79. The average molecular weight is 299 g/mol. The predicted molar refractivity (Wildman–Crippen MR) is 77.5 cm³/mol. The number of carbonyl (C=O) groups is 1. The molecule has 2 heterocycles. The standard InChI is InChI=1S/C13H15ClN2O2S/c1-9(13(17)18-2)7-19-8-11-6-16-5-10(14)3-4-12(16)15-11/h3-6,9H,7-8H2,1-2H3. The number of thioether (sulfide) groups is 1. The van der Waals surface area contributed by atoms with Gasteiger partial charge < -0.3 is 9.14 Å². The summed E-state index contributed by atoms with van der Waals surface area (Å²) in [5, 5.41) is 0.684. The molecule has 0 spiro atoms. The Labute approximate surface area is 121 Å². The Hall–Kier alpha value is -1.20. The summed E-state index contributed by atoms with van der Waals surface area (Å²) in [7, 11) is 1.41. The first-order valence-corrected chi connectivity index (χ1v) is 7.42. The number of fused-ring (bicyclic) bond motifs is 1. The Kier molecular flexibility index (Phi) is 4.71. The van der Waals surface area contributed by atoms with Gasteiger partial charge in [0.15, 0.2) is 0 Å². The van der Waals surface area contributed by atoms with Gasteiger partial charge in [-0.1, -0.05) is 18.5 Å². The van der Waals surface area contributed by atoms with Gasteiger partial charge in [0.25, 0.3) is 0 Å². The van der Waals surface area contributed by atoms with E-state index < -0.39 is 0 Å². The van der Waals surface area contributed by atoms with Crippen molar-refractivity contribution < 1.29 is 9.53 Å². The van der Waals surface area contributed by atoms with Crippen LogP contribution in [0.4, 0.5) is 0 Å². The van der Waals surface area contributed by atoms with Gasteiger partial charge in [-0.25, -0.2) is 4.98 Å². The van der Waals surface area contributed by atoms with Crippen molar-refractivity contribution in [1.29, 1.82) is 0 Å². The fraction of sp³-hybridized carbons (Fsp3) is 0.385. The lowest BCUT2D eigenvalue weighted by atomic mass is 10.2. The second-order valence-corrected chi connectivity index (χ2v) is 5.75. The third-order valence-corrected chi connectivity index (χ3v) is 4.15. The van der Waals surface area contributed by atoms with Gasteiger partial charge in [0.1, 0.15) is 5.65 Å². The van der Waals surface area contributed by atoms with Crippen molar-refractivity contribution in [3.63, 3.8) is 0 Å². The molecule has 0 bridgehead atoms. The maximum Gasteiger partial charge on any atom is 0.309 e. The Morgan fingerprint density at radius 2 is 2.32 bits per heavy atom. The first-order chi connectivity index (χ1) is 9.10. The second kappa shape index (κ2) is 6.30. The molecule has 0 saturated heterocycles. The molecule has 0 fully saturated rings. The summed E-state index contributed by atoms with van der Waals surface area (Å²) in [6, 6.07) is 3.70. The van der Waals surface area contributed by atoms with E-state index in [4.69, 9.17) is 11.6 Å². The van der Waals surface area contributed by atoms with Gasteiger partial charge in [0, 0.05) is 23.9 Å². The summed E-state index contributed by atoms with van der Waals surface area (Å²) >= 11 is 7.59. The molecule has 0 amide bonds. The van der Waals surface area contributed by atoms with Crippen LogP contribution in [-0.2, 0) is 15.3 Å². The molecule has 0 aliphatic heterocycles. The van der Waals surface area contributed by atoms with E-state index in [9.17, 15) is 4.79 Å². The highest BCUT2D eigenvalue weighted by Gasteiger charge is 2.13. The molecular weight excluding hydrogens is 284 g/mol. The fourth-order valence-electron chi connectivity index (χ4n) is 1.70. The zero-order valence-electron chi connectivity index (χ0n) is 10.8.